The van der Waals surface area contributed by atoms with E-state index < -0.39 is 9.75 Å². The second kappa shape index (κ2) is 4.88. The normalized spacial score (nSPS) is 23.8. The van der Waals surface area contributed by atoms with E-state index in [9.17, 15) is 4.79 Å². The SMILES string of the molecule is COc1ccc(C)cc1COC(=O)C1(C)CC1(Cl)Cl. The van der Waals surface area contributed by atoms with Crippen LogP contribution in [0.3, 0.4) is 0 Å². The predicted molar refractivity (Wildman–Crippen MR) is 74.7 cm³/mol. The van der Waals surface area contributed by atoms with Gasteiger partial charge in [0.1, 0.15) is 22.1 Å². The molecule has 3 nitrogen and oxygen atoms in total. The molecule has 2 rings (SSSR count). The molecule has 0 bridgehead atoms. The molecule has 1 aliphatic rings. The fraction of sp³-hybridized carbons (Fsp3) is 0.500. The minimum Gasteiger partial charge on any atom is -0.496 e. The van der Waals surface area contributed by atoms with Crippen LogP contribution in [-0.4, -0.2) is 17.4 Å². The number of methoxy groups -OCH3 is 1. The summed E-state index contributed by atoms with van der Waals surface area (Å²) in [5.41, 5.74) is 1.11. The zero-order chi connectivity index (χ0) is 14.3. The highest BCUT2D eigenvalue weighted by molar-refractivity contribution is 6.53. The zero-order valence-corrected chi connectivity index (χ0v) is 12.6. The third-order valence-corrected chi connectivity index (χ3v) is 4.60. The summed E-state index contributed by atoms with van der Waals surface area (Å²) >= 11 is 11.9. The largest absolute Gasteiger partial charge is 0.496 e. The minimum atomic E-state index is -0.999. The third-order valence-electron chi connectivity index (χ3n) is 3.50. The molecule has 0 N–H and O–H groups in total. The lowest BCUT2D eigenvalue weighted by Gasteiger charge is -2.14. The number of halogens is 2. The van der Waals surface area contributed by atoms with Gasteiger partial charge < -0.3 is 9.47 Å². The molecule has 0 radical (unpaired) electrons. The lowest BCUT2D eigenvalue weighted by Crippen LogP contribution is -2.21. The Bertz CT molecular complexity index is 513. The molecule has 1 saturated carbocycles. The van der Waals surface area contributed by atoms with Crippen molar-refractivity contribution in [3.05, 3.63) is 29.3 Å². The summed E-state index contributed by atoms with van der Waals surface area (Å²) in [6, 6.07) is 5.72. The fourth-order valence-electron chi connectivity index (χ4n) is 1.94. The van der Waals surface area contributed by atoms with Gasteiger partial charge in [-0.25, -0.2) is 0 Å². The van der Waals surface area contributed by atoms with Gasteiger partial charge in [-0.15, -0.1) is 23.2 Å². The Balaban J connectivity index is 2.04. The number of benzene rings is 1. The monoisotopic (exact) mass is 302 g/mol. The van der Waals surface area contributed by atoms with Gasteiger partial charge in [0.25, 0.3) is 0 Å². The third kappa shape index (κ3) is 2.67. The maximum absolute atomic E-state index is 12.0. The molecular weight excluding hydrogens is 287 g/mol. The number of rotatable bonds is 4. The van der Waals surface area contributed by atoms with Crippen molar-refractivity contribution in [1.29, 1.82) is 0 Å². The van der Waals surface area contributed by atoms with E-state index in [1.165, 1.54) is 0 Å². The molecule has 0 spiro atoms. The van der Waals surface area contributed by atoms with Crippen LogP contribution in [0.25, 0.3) is 0 Å². The zero-order valence-electron chi connectivity index (χ0n) is 11.1. The number of ether oxygens (including phenoxy) is 2. The van der Waals surface area contributed by atoms with E-state index in [0.29, 0.717) is 12.2 Å². The quantitative estimate of drug-likeness (QED) is 0.629. The molecule has 1 aliphatic carbocycles. The standard InChI is InChI=1S/C14H16Cl2O3/c1-9-4-5-11(18-3)10(6-9)7-19-12(17)13(2)8-14(13,15)16/h4-6H,7-8H2,1-3H3. The van der Waals surface area contributed by atoms with Crippen LogP contribution in [0.15, 0.2) is 18.2 Å². The molecule has 5 heteroatoms. The number of carbonyl (C=O) groups excluding carboxylic acids is 1. The molecule has 1 fully saturated rings. The molecule has 0 heterocycles. The van der Waals surface area contributed by atoms with Crippen LogP contribution in [0.5, 0.6) is 5.75 Å². The molecule has 1 unspecified atom stereocenters. The number of esters is 1. The van der Waals surface area contributed by atoms with Crippen LogP contribution < -0.4 is 4.74 Å². The van der Waals surface area contributed by atoms with Crippen molar-refractivity contribution >= 4 is 29.2 Å². The molecule has 104 valence electrons. The number of alkyl halides is 2. The summed E-state index contributed by atoms with van der Waals surface area (Å²) in [4.78, 5) is 12.0. The van der Waals surface area contributed by atoms with Crippen molar-refractivity contribution in [2.45, 2.75) is 31.2 Å². The van der Waals surface area contributed by atoms with Gasteiger partial charge in [0, 0.05) is 12.0 Å². The molecule has 19 heavy (non-hydrogen) atoms. The molecule has 0 aromatic heterocycles. The van der Waals surface area contributed by atoms with Crippen molar-refractivity contribution < 1.29 is 14.3 Å². The van der Waals surface area contributed by atoms with E-state index in [-0.39, 0.29) is 12.6 Å². The summed E-state index contributed by atoms with van der Waals surface area (Å²) < 4.78 is 9.53. The molecule has 1 aromatic carbocycles. The Kier molecular flexibility index (Phi) is 3.72. The van der Waals surface area contributed by atoms with Gasteiger partial charge in [0.05, 0.1) is 7.11 Å². The smallest absolute Gasteiger partial charge is 0.315 e. The van der Waals surface area contributed by atoms with Gasteiger partial charge in [0.2, 0.25) is 0 Å². The van der Waals surface area contributed by atoms with Gasteiger partial charge in [-0.3, -0.25) is 4.79 Å². The van der Waals surface area contributed by atoms with Crippen LogP contribution in [0.1, 0.15) is 24.5 Å². The topological polar surface area (TPSA) is 35.5 Å². The first-order valence-corrected chi connectivity index (χ1v) is 6.74. The van der Waals surface area contributed by atoms with Crippen LogP contribution in [0, 0.1) is 12.3 Å². The summed E-state index contributed by atoms with van der Waals surface area (Å²) in [5.74, 6) is 0.323. The Morgan fingerprint density at radius 3 is 2.58 bits per heavy atom. The Morgan fingerprint density at radius 1 is 1.42 bits per heavy atom. The van der Waals surface area contributed by atoms with Gasteiger partial charge in [0.15, 0.2) is 0 Å². The van der Waals surface area contributed by atoms with Crippen LogP contribution in [0.2, 0.25) is 0 Å². The van der Waals surface area contributed by atoms with Gasteiger partial charge in [-0.1, -0.05) is 11.6 Å². The second-order valence-electron chi connectivity index (χ2n) is 5.10. The highest BCUT2D eigenvalue weighted by atomic mass is 35.5. The summed E-state index contributed by atoms with van der Waals surface area (Å²) in [6.45, 7) is 3.83. The van der Waals surface area contributed by atoms with E-state index in [0.717, 1.165) is 11.1 Å². The first kappa shape index (κ1) is 14.5. The number of carbonyl (C=O) groups is 1. The number of hydrogen-bond donors (Lipinski definition) is 0. The second-order valence-corrected chi connectivity index (χ2v) is 6.59. The van der Waals surface area contributed by atoms with E-state index >= 15 is 0 Å². The van der Waals surface area contributed by atoms with Gasteiger partial charge >= 0.3 is 5.97 Å². The fourth-order valence-corrected chi connectivity index (χ4v) is 2.63. The van der Waals surface area contributed by atoms with Gasteiger partial charge in [-0.2, -0.15) is 0 Å². The van der Waals surface area contributed by atoms with E-state index in [1.54, 1.807) is 14.0 Å². The van der Waals surface area contributed by atoms with E-state index in [2.05, 4.69) is 0 Å². The lowest BCUT2D eigenvalue weighted by atomic mass is 10.1. The first-order valence-electron chi connectivity index (χ1n) is 5.99. The molecular formula is C14H16Cl2O3. The maximum Gasteiger partial charge on any atom is 0.315 e. The number of hydrogen-bond acceptors (Lipinski definition) is 3. The lowest BCUT2D eigenvalue weighted by molar-refractivity contribution is -0.151. The van der Waals surface area contributed by atoms with Gasteiger partial charge in [-0.05, 0) is 26.0 Å². The molecule has 0 saturated heterocycles. The van der Waals surface area contributed by atoms with Crippen molar-refractivity contribution in [3.8, 4) is 5.75 Å². The maximum atomic E-state index is 12.0. The minimum absolute atomic E-state index is 0.156. The Hall–Kier alpha value is -0.930. The highest BCUT2D eigenvalue weighted by Gasteiger charge is 2.69. The van der Waals surface area contributed by atoms with E-state index in [4.69, 9.17) is 32.7 Å². The summed E-state index contributed by atoms with van der Waals surface area (Å²) in [7, 11) is 1.58. The van der Waals surface area contributed by atoms with Crippen LogP contribution in [-0.2, 0) is 16.1 Å². The van der Waals surface area contributed by atoms with Crippen molar-refractivity contribution in [3.63, 3.8) is 0 Å². The van der Waals surface area contributed by atoms with E-state index in [1.807, 2.05) is 25.1 Å². The predicted octanol–water partition coefficient (Wildman–Crippen LogP) is 3.63. The Labute approximate surface area is 122 Å². The molecule has 0 amide bonds. The molecule has 1 aromatic rings. The first-order chi connectivity index (χ1) is 8.80. The highest BCUT2D eigenvalue weighted by Crippen LogP contribution is 2.64. The summed E-state index contributed by atoms with van der Waals surface area (Å²) in [6.07, 6.45) is 0.424. The van der Waals surface area contributed by atoms with Crippen molar-refractivity contribution in [2.75, 3.05) is 7.11 Å². The van der Waals surface area contributed by atoms with Crippen LogP contribution in [0.4, 0.5) is 0 Å². The average Bonchev–Trinajstić information content (AvgIpc) is 2.87. The van der Waals surface area contributed by atoms with Crippen molar-refractivity contribution in [1.82, 2.24) is 0 Å². The van der Waals surface area contributed by atoms with Crippen LogP contribution >= 0.6 is 23.2 Å². The molecule has 1 atom stereocenters. The van der Waals surface area contributed by atoms with Crippen molar-refractivity contribution in [2.24, 2.45) is 5.41 Å². The number of aryl methyl sites for hydroxylation is 1. The summed E-state index contributed by atoms with van der Waals surface area (Å²) in [5, 5.41) is 0. The Morgan fingerprint density at radius 2 is 2.05 bits per heavy atom. The average molecular weight is 303 g/mol. The molecule has 0 aliphatic heterocycles.